The number of ether oxygens (including phenoxy) is 1. The maximum Gasteiger partial charge on any atom is 0.302 e. The van der Waals surface area contributed by atoms with Crippen molar-refractivity contribution in [2.45, 2.75) is 13.3 Å². The molecule has 0 unspecified atom stereocenters. The molecular formula is C14H14O2. The smallest absolute Gasteiger partial charge is 0.302 e. The van der Waals surface area contributed by atoms with Crippen LogP contribution in [0.3, 0.4) is 0 Å². The van der Waals surface area contributed by atoms with Gasteiger partial charge in [0.15, 0.2) is 0 Å². The van der Waals surface area contributed by atoms with Crippen molar-refractivity contribution in [3.63, 3.8) is 0 Å². The van der Waals surface area contributed by atoms with Crippen LogP contribution in [0.4, 0.5) is 0 Å². The van der Waals surface area contributed by atoms with Gasteiger partial charge in [0.25, 0.3) is 0 Å². The fourth-order valence-electron chi connectivity index (χ4n) is 1.05. The summed E-state index contributed by atoms with van der Waals surface area (Å²) in [6.07, 6.45) is 4.34. The predicted octanol–water partition coefficient (Wildman–Crippen LogP) is 2.55. The van der Waals surface area contributed by atoms with Crippen molar-refractivity contribution >= 4 is 5.97 Å². The lowest BCUT2D eigenvalue weighted by Gasteiger charge is -1.92. The van der Waals surface area contributed by atoms with Crippen LogP contribution in [0.2, 0.25) is 0 Å². The molecule has 1 aromatic rings. The quantitative estimate of drug-likeness (QED) is 0.439. The Morgan fingerprint density at radius 3 is 2.75 bits per heavy atom. The summed E-state index contributed by atoms with van der Waals surface area (Å²) in [7, 11) is 0. The molecule has 2 nitrogen and oxygen atoms in total. The first-order valence-corrected chi connectivity index (χ1v) is 5.11. The highest BCUT2D eigenvalue weighted by Crippen LogP contribution is 1.95. The van der Waals surface area contributed by atoms with E-state index in [-0.39, 0.29) is 5.97 Å². The van der Waals surface area contributed by atoms with Crippen LogP contribution < -0.4 is 0 Å². The van der Waals surface area contributed by atoms with E-state index < -0.39 is 0 Å². The average Bonchev–Trinajstić information content (AvgIpc) is 2.29. The summed E-state index contributed by atoms with van der Waals surface area (Å²) in [5.41, 5.74) is 1.01. The molecule has 1 rings (SSSR count). The van der Waals surface area contributed by atoms with Crippen molar-refractivity contribution in [1.29, 1.82) is 0 Å². The third-order valence-electron chi connectivity index (χ3n) is 1.78. The zero-order chi connectivity index (χ0) is 11.6. The normalized spacial score (nSPS) is 9.56. The van der Waals surface area contributed by atoms with Crippen LogP contribution in [-0.2, 0) is 9.53 Å². The average molecular weight is 214 g/mol. The standard InChI is InChI=1S/C14H14O2/c1-13(15)16-12-8-3-2-5-9-14-10-6-4-7-11-14/h3-4,6-8,10-11H,2,12H2,1H3/b8-3+. The molecule has 0 bridgehead atoms. The summed E-state index contributed by atoms with van der Waals surface area (Å²) >= 11 is 0. The first-order valence-electron chi connectivity index (χ1n) is 5.11. The number of hydrogen-bond donors (Lipinski definition) is 0. The van der Waals surface area contributed by atoms with E-state index in [1.165, 1.54) is 6.92 Å². The highest BCUT2D eigenvalue weighted by molar-refractivity contribution is 5.65. The molecule has 16 heavy (non-hydrogen) atoms. The Hall–Kier alpha value is -2.01. The van der Waals surface area contributed by atoms with Gasteiger partial charge >= 0.3 is 5.97 Å². The van der Waals surface area contributed by atoms with Crippen LogP contribution >= 0.6 is 0 Å². The van der Waals surface area contributed by atoms with E-state index in [4.69, 9.17) is 4.74 Å². The second kappa shape index (κ2) is 7.30. The minimum atomic E-state index is -0.264. The van der Waals surface area contributed by atoms with E-state index in [1.807, 2.05) is 36.4 Å². The molecule has 0 fully saturated rings. The molecule has 0 aliphatic carbocycles. The minimum absolute atomic E-state index is 0.264. The molecule has 0 aliphatic heterocycles. The number of rotatable bonds is 3. The molecule has 0 atom stereocenters. The van der Waals surface area contributed by atoms with Crippen LogP contribution in [0.5, 0.6) is 0 Å². The zero-order valence-corrected chi connectivity index (χ0v) is 9.27. The Morgan fingerprint density at radius 1 is 1.31 bits per heavy atom. The third kappa shape index (κ3) is 5.66. The van der Waals surface area contributed by atoms with E-state index in [9.17, 15) is 4.79 Å². The molecule has 82 valence electrons. The summed E-state index contributed by atoms with van der Waals surface area (Å²) in [5.74, 6) is 5.78. The lowest BCUT2D eigenvalue weighted by atomic mass is 10.2. The van der Waals surface area contributed by atoms with Gasteiger partial charge in [0.05, 0.1) is 0 Å². The number of allylic oxidation sites excluding steroid dienone is 1. The van der Waals surface area contributed by atoms with Crippen molar-refractivity contribution < 1.29 is 9.53 Å². The van der Waals surface area contributed by atoms with Crippen LogP contribution in [0.15, 0.2) is 42.5 Å². The van der Waals surface area contributed by atoms with Gasteiger partial charge in [0, 0.05) is 18.9 Å². The van der Waals surface area contributed by atoms with Gasteiger partial charge in [-0.05, 0) is 12.1 Å². The zero-order valence-electron chi connectivity index (χ0n) is 9.27. The van der Waals surface area contributed by atoms with E-state index in [1.54, 1.807) is 6.08 Å². The maximum absolute atomic E-state index is 10.4. The molecule has 0 aromatic heterocycles. The Bertz CT molecular complexity index is 407. The van der Waals surface area contributed by atoms with Crippen molar-refractivity contribution in [3.8, 4) is 11.8 Å². The molecule has 0 radical (unpaired) electrons. The van der Waals surface area contributed by atoms with E-state index in [0.29, 0.717) is 13.0 Å². The minimum Gasteiger partial charge on any atom is -0.462 e. The number of benzene rings is 1. The predicted molar refractivity (Wildman–Crippen MR) is 63.7 cm³/mol. The molecule has 0 aliphatic rings. The van der Waals surface area contributed by atoms with Crippen molar-refractivity contribution in [2.24, 2.45) is 0 Å². The Balaban J connectivity index is 2.25. The Labute approximate surface area is 95.9 Å². The summed E-state index contributed by atoms with van der Waals surface area (Å²) in [6, 6.07) is 9.82. The molecule has 0 spiro atoms. The van der Waals surface area contributed by atoms with Crippen molar-refractivity contribution in [2.75, 3.05) is 6.61 Å². The molecule has 0 heterocycles. The maximum atomic E-state index is 10.4. The van der Waals surface area contributed by atoms with Crippen LogP contribution in [0.1, 0.15) is 18.9 Å². The van der Waals surface area contributed by atoms with Gasteiger partial charge in [-0.2, -0.15) is 0 Å². The summed E-state index contributed by atoms with van der Waals surface area (Å²) < 4.78 is 4.73. The first-order chi connectivity index (χ1) is 7.79. The SMILES string of the molecule is CC(=O)OC/C=C/CC#Cc1ccccc1. The van der Waals surface area contributed by atoms with Gasteiger partial charge in [-0.25, -0.2) is 0 Å². The Morgan fingerprint density at radius 2 is 2.06 bits per heavy atom. The van der Waals surface area contributed by atoms with Gasteiger partial charge in [0.1, 0.15) is 6.61 Å². The fourth-order valence-corrected chi connectivity index (χ4v) is 1.05. The van der Waals surface area contributed by atoms with E-state index in [0.717, 1.165) is 5.56 Å². The summed E-state index contributed by atoms with van der Waals surface area (Å²) in [6.45, 7) is 1.71. The van der Waals surface area contributed by atoms with Gasteiger partial charge in [-0.3, -0.25) is 4.79 Å². The second-order valence-electron chi connectivity index (χ2n) is 3.15. The molecule has 0 amide bonds. The number of hydrogen-bond acceptors (Lipinski definition) is 2. The number of carbonyl (C=O) groups excluding carboxylic acids is 1. The molecule has 0 saturated heterocycles. The van der Waals surface area contributed by atoms with E-state index >= 15 is 0 Å². The fraction of sp³-hybridized carbons (Fsp3) is 0.214. The molecule has 2 heteroatoms. The monoisotopic (exact) mass is 214 g/mol. The van der Waals surface area contributed by atoms with Gasteiger partial charge in [-0.15, -0.1) is 0 Å². The van der Waals surface area contributed by atoms with Crippen molar-refractivity contribution in [1.82, 2.24) is 0 Å². The second-order valence-corrected chi connectivity index (χ2v) is 3.15. The Kier molecular flexibility index (Phi) is 5.51. The highest BCUT2D eigenvalue weighted by atomic mass is 16.5. The molecular weight excluding hydrogens is 200 g/mol. The van der Waals surface area contributed by atoms with Gasteiger partial charge < -0.3 is 4.74 Å². The number of carbonyl (C=O) groups is 1. The lowest BCUT2D eigenvalue weighted by Crippen LogP contribution is -1.97. The first kappa shape index (κ1) is 12.1. The third-order valence-corrected chi connectivity index (χ3v) is 1.78. The lowest BCUT2D eigenvalue weighted by molar-refractivity contribution is -0.139. The summed E-state index contributed by atoms with van der Waals surface area (Å²) in [5, 5.41) is 0. The topological polar surface area (TPSA) is 26.3 Å². The van der Waals surface area contributed by atoms with E-state index in [2.05, 4.69) is 11.8 Å². The van der Waals surface area contributed by atoms with Gasteiger partial charge in [0.2, 0.25) is 0 Å². The molecule has 1 aromatic carbocycles. The van der Waals surface area contributed by atoms with Crippen molar-refractivity contribution in [3.05, 3.63) is 48.0 Å². The summed E-state index contributed by atoms with van der Waals surface area (Å²) in [4.78, 5) is 10.4. The molecule has 0 saturated carbocycles. The van der Waals surface area contributed by atoms with Crippen LogP contribution in [-0.4, -0.2) is 12.6 Å². The highest BCUT2D eigenvalue weighted by Gasteiger charge is 1.85. The van der Waals surface area contributed by atoms with Gasteiger partial charge in [-0.1, -0.05) is 42.2 Å². The number of esters is 1. The van der Waals surface area contributed by atoms with Crippen LogP contribution in [0, 0.1) is 11.8 Å². The molecule has 0 N–H and O–H groups in total. The largest absolute Gasteiger partial charge is 0.462 e. The van der Waals surface area contributed by atoms with Crippen LogP contribution in [0.25, 0.3) is 0 Å².